The van der Waals surface area contributed by atoms with E-state index in [1.807, 2.05) is 19.1 Å². The number of para-hydroxylation sites is 1. The van der Waals surface area contributed by atoms with Crippen molar-refractivity contribution in [1.29, 1.82) is 0 Å². The molecule has 0 spiro atoms. The van der Waals surface area contributed by atoms with Crippen molar-refractivity contribution in [2.75, 3.05) is 13.7 Å². The summed E-state index contributed by atoms with van der Waals surface area (Å²) >= 11 is 0. The number of esters is 1. The zero-order valence-electron chi connectivity index (χ0n) is 15.1. The molecular weight excluding hydrogens is 372 g/mol. The molecule has 0 N–H and O–H groups in total. The predicted octanol–water partition coefficient (Wildman–Crippen LogP) is 4.04. The molecule has 6 nitrogen and oxygen atoms in total. The molecule has 146 valence electrons. The molecule has 0 saturated carbocycles. The van der Waals surface area contributed by atoms with Gasteiger partial charge in [0, 0.05) is 11.1 Å². The van der Waals surface area contributed by atoms with E-state index in [-0.39, 0.29) is 23.1 Å². The molecule has 2 aromatic carbocycles. The van der Waals surface area contributed by atoms with Crippen LogP contribution in [0.15, 0.2) is 53.2 Å². The Morgan fingerprint density at radius 3 is 2.64 bits per heavy atom. The van der Waals surface area contributed by atoms with Crippen molar-refractivity contribution in [2.24, 2.45) is 4.99 Å². The van der Waals surface area contributed by atoms with Gasteiger partial charge in [0.2, 0.25) is 5.90 Å². The van der Waals surface area contributed by atoms with Gasteiger partial charge in [-0.15, -0.1) is 0 Å². The SMILES string of the molecule is CCOc1ccccc1C=C1N=C(c2ccc(OC(F)F)c(OC)c2)OC1=O. The molecule has 1 aliphatic rings. The Hall–Kier alpha value is -3.42. The number of aliphatic imine (C=N–C) groups is 1. The van der Waals surface area contributed by atoms with Gasteiger partial charge in [0.1, 0.15) is 5.75 Å². The van der Waals surface area contributed by atoms with E-state index in [9.17, 15) is 13.6 Å². The van der Waals surface area contributed by atoms with Gasteiger partial charge in [-0.2, -0.15) is 8.78 Å². The van der Waals surface area contributed by atoms with Gasteiger partial charge in [0.15, 0.2) is 17.2 Å². The van der Waals surface area contributed by atoms with E-state index in [0.717, 1.165) is 0 Å². The van der Waals surface area contributed by atoms with Crippen molar-refractivity contribution in [2.45, 2.75) is 13.5 Å². The number of halogens is 2. The first-order valence-electron chi connectivity index (χ1n) is 8.39. The van der Waals surface area contributed by atoms with Gasteiger partial charge >= 0.3 is 12.6 Å². The van der Waals surface area contributed by atoms with Crippen LogP contribution >= 0.6 is 0 Å². The summed E-state index contributed by atoms with van der Waals surface area (Å²) in [5.74, 6) is -0.0485. The molecule has 0 aliphatic carbocycles. The van der Waals surface area contributed by atoms with E-state index in [1.165, 1.54) is 25.3 Å². The van der Waals surface area contributed by atoms with Crippen molar-refractivity contribution < 1.29 is 32.5 Å². The second-order valence-corrected chi connectivity index (χ2v) is 5.55. The van der Waals surface area contributed by atoms with E-state index in [0.29, 0.717) is 23.5 Å². The number of hydrogen-bond acceptors (Lipinski definition) is 6. The smallest absolute Gasteiger partial charge is 0.387 e. The molecule has 0 unspecified atom stereocenters. The molecular formula is C20H17F2NO5. The molecule has 0 bridgehead atoms. The van der Waals surface area contributed by atoms with Gasteiger partial charge < -0.3 is 18.9 Å². The monoisotopic (exact) mass is 389 g/mol. The van der Waals surface area contributed by atoms with E-state index in [2.05, 4.69) is 9.73 Å². The second-order valence-electron chi connectivity index (χ2n) is 5.55. The first kappa shape index (κ1) is 19.3. The highest BCUT2D eigenvalue weighted by molar-refractivity contribution is 6.13. The van der Waals surface area contributed by atoms with E-state index < -0.39 is 12.6 Å². The van der Waals surface area contributed by atoms with Crippen molar-refractivity contribution in [3.63, 3.8) is 0 Å². The summed E-state index contributed by atoms with van der Waals surface area (Å²) in [7, 11) is 1.32. The fraction of sp³-hybridized carbons (Fsp3) is 0.200. The maximum absolute atomic E-state index is 12.4. The number of ether oxygens (including phenoxy) is 4. The van der Waals surface area contributed by atoms with Gasteiger partial charge in [-0.05, 0) is 37.3 Å². The molecule has 0 saturated heterocycles. The zero-order chi connectivity index (χ0) is 20.1. The fourth-order valence-corrected chi connectivity index (χ4v) is 2.56. The molecule has 0 aromatic heterocycles. The van der Waals surface area contributed by atoms with Crippen molar-refractivity contribution in [3.8, 4) is 17.2 Å². The number of benzene rings is 2. The second kappa shape index (κ2) is 8.51. The predicted molar refractivity (Wildman–Crippen MR) is 97.8 cm³/mol. The molecule has 0 atom stereocenters. The molecule has 1 heterocycles. The lowest BCUT2D eigenvalue weighted by molar-refractivity contribution is -0.129. The van der Waals surface area contributed by atoms with Crippen molar-refractivity contribution >= 4 is 17.9 Å². The van der Waals surface area contributed by atoms with E-state index in [1.54, 1.807) is 18.2 Å². The molecule has 2 aromatic rings. The Balaban J connectivity index is 1.92. The van der Waals surface area contributed by atoms with E-state index in [4.69, 9.17) is 14.2 Å². The third kappa shape index (κ3) is 4.28. The van der Waals surface area contributed by atoms with Gasteiger partial charge in [-0.25, -0.2) is 9.79 Å². The fourth-order valence-electron chi connectivity index (χ4n) is 2.56. The summed E-state index contributed by atoms with van der Waals surface area (Å²) in [5, 5.41) is 0. The summed E-state index contributed by atoms with van der Waals surface area (Å²) in [6, 6.07) is 11.4. The highest BCUT2D eigenvalue weighted by Gasteiger charge is 2.25. The van der Waals surface area contributed by atoms with Crippen LogP contribution < -0.4 is 14.2 Å². The van der Waals surface area contributed by atoms with Crippen LogP contribution in [-0.2, 0) is 9.53 Å². The summed E-state index contributed by atoms with van der Waals surface area (Å²) in [6.45, 7) is -0.647. The molecule has 1 aliphatic heterocycles. The first-order valence-corrected chi connectivity index (χ1v) is 8.39. The molecule has 3 rings (SSSR count). The number of rotatable bonds is 7. The van der Waals surface area contributed by atoms with Gasteiger partial charge in [0.05, 0.1) is 13.7 Å². The van der Waals surface area contributed by atoms with Crippen LogP contribution in [0.5, 0.6) is 17.2 Å². The number of methoxy groups -OCH3 is 1. The Labute approximate surface area is 160 Å². The average molecular weight is 389 g/mol. The summed E-state index contributed by atoms with van der Waals surface area (Å²) in [5.41, 5.74) is 1.15. The molecule has 0 fully saturated rings. The maximum atomic E-state index is 12.4. The summed E-state index contributed by atoms with van der Waals surface area (Å²) in [4.78, 5) is 16.4. The lowest BCUT2D eigenvalue weighted by Gasteiger charge is -2.10. The minimum absolute atomic E-state index is 0.0343. The average Bonchev–Trinajstić information content (AvgIpc) is 3.04. The van der Waals surface area contributed by atoms with Gasteiger partial charge in [0.25, 0.3) is 0 Å². The number of carbonyl (C=O) groups is 1. The Morgan fingerprint density at radius 1 is 1.14 bits per heavy atom. The largest absolute Gasteiger partial charge is 0.493 e. The minimum Gasteiger partial charge on any atom is -0.493 e. The molecule has 0 amide bonds. The van der Waals surface area contributed by atoms with Gasteiger partial charge in [-0.1, -0.05) is 18.2 Å². The number of carbonyl (C=O) groups excluding carboxylic acids is 1. The Morgan fingerprint density at radius 2 is 1.93 bits per heavy atom. The molecule has 8 heteroatoms. The Bertz CT molecular complexity index is 940. The van der Waals surface area contributed by atoms with Crippen LogP contribution in [0.4, 0.5) is 8.78 Å². The number of nitrogens with zero attached hydrogens (tertiary/aromatic N) is 1. The quantitative estimate of drug-likeness (QED) is 0.528. The third-order valence-electron chi connectivity index (χ3n) is 3.76. The van der Waals surface area contributed by atoms with Crippen LogP contribution in [0.1, 0.15) is 18.1 Å². The van der Waals surface area contributed by atoms with Crippen LogP contribution in [0.25, 0.3) is 6.08 Å². The number of cyclic esters (lactones) is 1. The molecule has 28 heavy (non-hydrogen) atoms. The number of alkyl halides is 2. The lowest BCUT2D eigenvalue weighted by atomic mass is 10.1. The lowest BCUT2D eigenvalue weighted by Crippen LogP contribution is -2.07. The minimum atomic E-state index is -2.98. The topological polar surface area (TPSA) is 66.3 Å². The zero-order valence-corrected chi connectivity index (χ0v) is 15.1. The maximum Gasteiger partial charge on any atom is 0.387 e. The van der Waals surface area contributed by atoms with Crippen LogP contribution in [0.2, 0.25) is 0 Å². The first-order chi connectivity index (χ1) is 13.5. The Kier molecular flexibility index (Phi) is 5.88. The van der Waals surface area contributed by atoms with Crippen LogP contribution in [-0.4, -0.2) is 32.2 Å². The summed E-state index contributed by atoms with van der Waals surface area (Å²) < 4.78 is 45.1. The number of hydrogen-bond donors (Lipinski definition) is 0. The van der Waals surface area contributed by atoms with E-state index >= 15 is 0 Å². The van der Waals surface area contributed by atoms with Crippen LogP contribution in [0.3, 0.4) is 0 Å². The standard InChI is InChI=1S/C20H17F2NO5/c1-3-26-15-7-5-4-6-12(15)10-14-19(24)28-18(23-14)13-8-9-16(27-20(21)22)17(11-13)25-2/h4-11,20H,3H2,1-2H3. The van der Waals surface area contributed by atoms with Crippen LogP contribution in [0, 0.1) is 0 Å². The third-order valence-corrected chi connectivity index (χ3v) is 3.76. The highest BCUT2D eigenvalue weighted by atomic mass is 19.3. The highest BCUT2D eigenvalue weighted by Crippen LogP contribution is 2.31. The summed E-state index contributed by atoms with van der Waals surface area (Å²) in [6.07, 6.45) is 1.56. The van der Waals surface area contributed by atoms with Crippen molar-refractivity contribution in [3.05, 3.63) is 59.3 Å². The van der Waals surface area contributed by atoms with Crippen molar-refractivity contribution in [1.82, 2.24) is 0 Å². The normalized spacial score (nSPS) is 14.8. The molecule has 0 radical (unpaired) electrons. The van der Waals surface area contributed by atoms with Gasteiger partial charge in [-0.3, -0.25) is 0 Å².